The molecule has 0 bridgehead atoms. The van der Waals surface area contributed by atoms with Crippen LogP contribution in [0.4, 0.5) is 0 Å². The van der Waals surface area contributed by atoms with E-state index in [9.17, 15) is 0 Å². The first kappa shape index (κ1) is 9.43. The highest BCUT2D eigenvalue weighted by Crippen LogP contribution is 2.27. The minimum absolute atomic E-state index is 0.419. The molecule has 1 heterocycles. The van der Waals surface area contributed by atoms with Crippen LogP contribution in [0.1, 0.15) is 0 Å². The zero-order valence-electron chi connectivity index (χ0n) is 8.44. The molecule has 1 aromatic heterocycles. The molecular formula is C13H9ClN2. The molecule has 0 radical (unpaired) electrons. The van der Waals surface area contributed by atoms with Gasteiger partial charge in [0.15, 0.2) is 0 Å². The zero-order chi connectivity index (χ0) is 11.0. The summed E-state index contributed by atoms with van der Waals surface area (Å²) >= 11 is 5.79. The topological polar surface area (TPSA) is 28.7 Å². The van der Waals surface area contributed by atoms with Crippen LogP contribution in [-0.2, 0) is 0 Å². The van der Waals surface area contributed by atoms with Crippen LogP contribution in [0.25, 0.3) is 22.0 Å². The normalized spacial score (nSPS) is 10.8. The van der Waals surface area contributed by atoms with Crippen molar-refractivity contribution in [2.45, 2.75) is 0 Å². The number of nitrogens with one attached hydrogen (secondary N) is 1. The molecule has 0 aliphatic rings. The van der Waals surface area contributed by atoms with Gasteiger partial charge in [-0.1, -0.05) is 42.5 Å². The number of hydrogen-bond acceptors (Lipinski definition) is 1. The minimum Gasteiger partial charge on any atom is -0.335 e. The van der Waals surface area contributed by atoms with E-state index in [2.05, 4.69) is 34.2 Å². The smallest absolute Gasteiger partial charge is 0.200 e. The fourth-order valence-electron chi connectivity index (χ4n) is 1.88. The fraction of sp³-hybridized carbons (Fsp3) is 0. The average molecular weight is 229 g/mol. The Morgan fingerprint density at radius 2 is 1.81 bits per heavy atom. The van der Waals surface area contributed by atoms with Crippen LogP contribution in [0.5, 0.6) is 0 Å². The van der Waals surface area contributed by atoms with Gasteiger partial charge < -0.3 is 4.98 Å². The van der Waals surface area contributed by atoms with Crippen molar-refractivity contribution in [1.29, 1.82) is 0 Å². The summed E-state index contributed by atoms with van der Waals surface area (Å²) in [5, 5.41) is 2.82. The molecule has 78 valence electrons. The Labute approximate surface area is 97.9 Å². The lowest BCUT2D eigenvalue weighted by Crippen LogP contribution is -1.80. The van der Waals surface area contributed by atoms with Crippen molar-refractivity contribution < 1.29 is 0 Å². The van der Waals surface area contributed by atoms with Gasteiger partial charge in [-0.3, -0.25) is 0 Å². The summed E-state index contributed by atoms with van der Waals surface area (Å²) in [5.41, 5.74) is 1.98. The first-order valence-corrected chi connectivity index (χ1v) is 5.41. The predicted octanol–water partition coefficient (Wildman–Crippen LogP) is 3.88. The van der Waals surface area contributed by atoms with Crippen LogP contribution in [0.3, 0.4) is 0 Å². The lowest BCUT2D eigenvalue weighted by Gasteiger charge is -2.02. The van der Waals surface area contributed by atoms with E-state index in [1.54, 1.807) is 0 Å². The second-order valence-corrected chi connectivity index (χ2v) is 3.96. The summed E-state index contributed by atoms with van der Waals surface area (Å²) in [6.45, 7) is 0. The van der Waals surface area contributed by atoms with Crippen LogP contribution < -0.4 is 0 Å². The van der Waals surface area contributed by atoms with E-state index >= 15 is 0 Å². The van der Waals surface area contributed by atoms with Gasteiger partial charge >= 0.3 is 0 Å². The third-order valence-corrected chi connectivity index (χ3v) is 2.81. The lowest BCUT2D eigenvalue weighted by atomic mass is 10.0. The molecule has 0 aliphatic heterocycles. The van der Waals surface area contributed by atoms with Gasteiger partial charge in [0.05, 0.1) is 5.69 Å². The van der Waals surface area contributed by atoms with Crippen LogP contribution in [-0.4, -0.2) is 9.97 Å². The van der Waals surface area contributed by atoms with E-state index < -0.39 is 0 Å². The van der Waals surface area contributed by atoms with Gasteiger partial charge in [0.1, 0.15) is 0 Å². The molecule has 16 heavy (non-hydrogen) atoms. The Morgan fingerprint density at radius 1 is 1.00 bits per heavy atom. The molecule has 0 unspecified atom stereocenters. The van der Waals surface area contributed by atoms with Gasteiger partial charge in [-0.2, -0.15) is 0 Å². The van der Waals surface area contributed by atoms with Crippen molar-refractivity contribution in [3.63, 3.8) is 0 Å². The molecule has 3 rings (SSSR count). The summed E-state index contributed by atoms with van der Waals surface area (Å²) in [7, 11) is 0. The lowest BCUT2D eigenvalue weighted by molar-refractivity contribution is 1.31. The molecule has 0 fully saturated rings. The first-order valence-electron chi connectivity index (χ1n) is 5.03. The molecule has 0 spiro atoms. The fourth-order valence-corrected chi connectivity index (χ4v) is 2.03. The van der Waals surface area contributed by atoms with Crippen molar-refractivity contribution in [3.8, 4) is 11.3 Å². The zero-order valence-corrected chi connectivity index (χ0v) is 9.20. The third-order valence-electron chi connectivity index (χ3n) is 2.61. The number of aromatic amines is 1. The Kier molecular flexibility index (Phi) is 2.15. The van der Waals surface area contributed by atoms with Gasteiger partial charge in [0, 0.05) is 11.8 Å². The maximum Gasteiger partial charge on any atom is 0.200 e. The van der Waals surface area contributed by atoms with Gasteiger partial charge in [0.25, 0.3) is 0 Å². The Hall–Kier alpha value is -1.80. The molecule has 3 heteroatoms. The summed E-state index contributed by atoms with van der Waals surface area (Å²) in [4.78, 5) is 7.13. The monoisotopic (exact) mass is 228 g/mol. The number of halogens is 1. The number of fused-ring (bicyclic) bond motifs is 1. The number of hydrogen-bond donors (Lipinski definition) is 1. The first-order chi connectivity index (χ1) is 7.84. The van der Waals surface area contributed by atoms with Crippen LogP contribution >= 0.6 is 11.6 Å². The number of H-pyrrole nitrogens is 1. The molecule has 2 nitrogen and oxygen atoms in total. The summed E-state index contributed by atoms with van der Waals surface area (Å²) < 4.78 is 0. The van der Waals surface area contributed by atoms with Crippen molar-refractivity contribution in [3.05, 3.63) is 53.9 Å². The van der Waals surface area contributed by atoms with Gasteiger partial charge in [-0.15, -0.1) is 0 Å². The molecule has 2 aromatic carbocycles. The average Bonchev–Trinajstić information content (AvgIpc) is 2.75. The van der Waals surface area contributed by atoms with E-state index in [1.165, 1.54) is 10.8 Å². The second kappa shape index (κ2) is 3.65. The summed E-state index contributed by atoms with van der Waals surface area (Å²) in [5.74, 6) is 0. The van der Waals surface area contributed by atoms with Crippen LogP contribution in [0, 0.1) is 0 Å². The highest BCUT2D eigenvalue weighted by atomic mass is 35.5. The molecular weight excluding hydrogens is 220 g/mol. The maximum absolute atomic E-state index is 5.79. The van der Waals surface area contributed by atoms with Crippen molar-refractivity contribution in [1.82, 2.24) is 9.97 Å². The van der Waals surface area contributed by atoms with Crippen molar-refractivity contribution >= 4 is 22.4 Å². The highest BCUT2D eigenvalue weighted by Gasteiger charge is 2.05. The molecule has 0 aliphatic carbocycles. The summed E-state index contributed by atoms with van der Waals surface area (Å²) in [6, 6.07) is 14.4. The van der Waals surface area contributed by atoms with E-state index in [1.807, 2.05) is 24.4 Å². The Balaban J connectivity index is 2.31. The van der Waals surface area contributed by atoms with Crippen molar-refractivity contribution in [2.75, 3.05) is 0 Å². The van der Waals surface area contributed by atoms with E-state index in [4.69, 9.17) is 11.6 Å². The number of nitrogens with zero attached hydrogens (tertiary/aromatic N) is 1. The SMILES string of the molecule is Clc1nc(-c2cccc3ccccc23)c[nH]1. The Morgan fingerprint density at radius 3 is 2.62 bits per heavy atom. The number of rotatable bonds is 1. The van der Waals surface area contributed by atoms with E-state index in [0.717, 1.165) is 11.3 Å². The van der Waals surface area contributed by atoms with Crippen LogP contribution in [0.2, 0.25) is 5.28 Å². The van der Waals surface area contributed by atoms with Gasteiger partial charge in [-0.25, -0.2) is 4.98 Å². The van der Waals surface area contributed by atoms with E-state index in [-0.39, 0.29) is 0 Å². The molecule has 1 N–H and O–H groups in total. The molecule has 0 saturated heterocycles. The minimum atomic E-state index is 0.419. The molecule has 3 aromatic rings. The predicted molar refractivity (Wildman–Crippen MR) is 66.5 cm³/mol. The van der Waals surface area contributed by atoms with Gasteiger partial charge in [-0.05, 0) is 22.4 Å². The largest absolute Gasteiger partial charge is 0.335 e. The number of imidazole rings is 1. The highest BCUT2D eigenvalue weighted by molar-refractivity contribution is 6.28. The number of benzene rings is 2. The standard InChI is InChI=1S/C13H9ClN2/c14-13-15-8-12(16-13)11-7-3-5-9-4-1-2-6-10(9)11/h1-8H,(H,15,16). The third kappa shape index (κ3) is 1.48. The molecule has 0 saturated carbocycles. The maximum atomic E-state index is 5.79. The van der Waals surface area contributed by atoms with Crippen molar-refractivity contribution in [2.24, 2.45) is 0 Å². The van der Waals surface area contributed by atoms with Crippen LogP contribution in [0.15, 0.2) is 48.7 Å². The molecule has 0 amide bonds. The Bertz CT molecular complexity index is 638. The van der Waals surface area contributed by atoms with Gasteiger partial charge in [0.2, 0.25) is 5.28 Å². The van der Waals surface area contributed by atoms with E-state index in [0.29, 0.717) is 5.28 Å². The quantitative estimate of drug-likeness (QED) is 0.673. The molecule has 0 atom stereocenters. The summed E-state index contributed by atoms with van der Waals surface area (Å²) in [6.07, 6.45) is 1.82. The second-order valence-electron chi connectivity index (χ2n) is 3.60. The number of aromatic nitrogens is 2.